The van der Waals surface area contributed by atoms with Crippen LogP contribution in [0.25, 0.3) is 0 Å². The average Bonchev–Trinajstić information content (AvgIpc) is 2.86. The van der Waals surface area contributed by atoms with Gasteiger partial charge in [0.05, 0.1) is 0 Å². The summed E-state index contributed by atoms with van der Waals surface area (Å²) in [5, 5.41) is 3.31. The Labute approximate surface area is 207 Å². The van der Waals surface area contributed by atoms with Gasteiger partial charge in [0.2, 0.25) is 0 Å². The summed E-state index contributed by atoms with van der Waals surface area (Å²) in [6, 6.07) is 8.58. The minimum Gasteiger partial charge on any atom is -0.362 e. The molecule has 0 saturated heterocycles. The van der Waals surface area contributed by atoms with E-state index < -0.39 is 0 Å². The molecule has 1 aromatic rings. The lowest BCUT2D eigenvalue weighted by atomic mass is 9.83. The van der Waals surface area contributed by atoms with Crippen LogP contribution in [-0.2, 0) is 6.42 Å². The first-order valence-electron chi connectivity index (χ1n) is 12.1. The van der Waals surface area contributed by atoms with Crippen LogP contribution in [-0.4, -0.2) is 0 Å². The van der Waals surface area contributed by atoms with Crippen molar-refractivity contribution in [2.24, 2.45) is 0 Å². The molecule has 0 unspecified atom stereocenters. The number of hydrogen-bond donors (Lipinski definition) is 1. The summed E-state index contributed by atoms with van der Waals surface area (Å²) >= 11 is 0. The Kier molecular flexibility index (Phi) is 11.4. The first kappa shape index (κ1) is 26.7. The van der Waals surface area contributed by atoms with Crippen molar-refractivity contribution >= 4 is 5.69 Å². The number of allylic oxidation sites excluding steroid dienone is 16. The zero-order valence-electron chi connectivity index (χ0n) is 21.1. The highest BCUT2D eigenvalue weighted by molar-refractivity contribution is 5.64. The summed E-state index contributed by atoms with van der Waals surface area (Å²) in [5.74, 6) is 0. The van der Waals surface area contributed by atoms with Crippen molar-refractivity contribution in [2.75, 3.05) is 5.32 Å². The van der Waals surface area contributed by atoms with Crippen LogP contribution in [0, 0.1) is 0 Å². The Morgan fingerprint density at radius 2 is 1.82 bits per heavy atom. The molecule has 2 rings (SSSR count). The van der Waals surface area contributed by atoms with E-state index in [4.69, 9.17) is 0 Å². The monoisotopic (exact) mass is 449 g/mol. The van der Waals surface area contributed by atoms with Gasteiger partial charge in [-0.3, -0.25) is 0 Å². The van der Waals surface area contributed by atoms with Gasteiger partial charge in [-0.1, -0.05) is 105 Å². The first-order valence-corrected chi connectivity index (χ1v) is 12.1. The molecule has 0 saturated carbocycles. The highest BCUT2D eigenvalue weighted by Gasteiger charge is 2.17. The van der Waals surface area contributed by atoms with Crippen LogP contribution >= 0.6 is 0 Å². The van der Waals surface area contributed by atoms with Crippen LogP contribution in [0.1, 0.15) is 45.6 Å². The van der Waals surface area contributed by atoms with Gasteiger partial charge in [0, 0.05) is 5.69 Å². The van der Waals surface area contributed by atoms with Gasteiger partial charge in [-0.2, -0.15) is 0 Å². The molecule has 1 N–H and O–H groups in total. The van der Waals surface area contributed by atoms with Crippen LogP contribution in [0.4, 0.5) is 5.69 Å². The highest BCUT2D eigenvalue weighted by atomic mass is 14.8. The van der Waals surface area contributed by atoms with E-state index in [9.17, 15) is 0 Å². The van der Waals surface area contributed by atoms with Crippen LogP contribution in [0.2, 0.25) is 0 Å². The van der Waals surface area contributed by atoms with Gasteiger partial charge >= 0.3 is 0 Å². The average molecular weight is 450 g/mol. The van der Waals surface area contributed by atoms with Gasteiger partial charge in [-0.05, 0) is 91.3 Å². The summed E-state index contributed by atoms with van der Waals surface area (Å²) in [7, 11) is 0. The van der Waals surface area contributed by atoms with Crippen LogP contribution in [0.3, 0.4) is 0 Å². The largest absolute Gasteiger partial charge is 0.362 e. The number of rotatable bonds is 12. The molecule has 1 aliphatic carbocycles. The molecule has 176 valence electrons. The molecule has 0 amide bonds. The Bertz CT molecular complexity index is 1080. The zero-order chi connectivity index (χ0) is 24.8. The van der Waals surface area contributed by atoms with Crippen molar-refractivity contribution in [3.05, 3.63) is 150 Å². The lowest BCUT2D eigenvalue weighted by Crippen LogP contribution is -2.04. The molecule has 0 spiro atoms. The Balaban J connectivity index is 2.58. The summed E-state index contributed by atoms with van der Waals surface area (Å²) in [6.45, 7) is 18.9. The fraction of sp³-hybridized carbons (Fsp3) is 0.212. The fourth-order valence-corrected chi connectivity index (χ4v) is 3.89. The molecule has 1 heteroatoms. The predicted molar refractivity (Wildman–Crippen MR) is 153 cm³/mol. The number of nitrogens with one attached hydrogen (secondary N) is 1. The number of benzene rings is 1. The number of hydrogen-bond acceptors (Lipinski definition) is 1. The first-order chi connectivity index (χ1) is 16.5. The van der Waals surface area contributed by atoms with Crippen molar-refractivity contribution in [1.82, 2.24) is 0 Å². The summed E-state index contributed by atoms with van der Waals surface area (Å²) in [5.41, 5.74) is 9.27. The third kappa shape index (κ3) is 7.78. The SMILES string of the molecule is C=C/C(Cc1ccc(N/C=C/CC)cc1)=C(C=C)/C(C1=CC=CCC1)=C(/C=C\C=C/C)C(=C)C. The molecule has 0 atom stereocenters. The second-order valence-corrected chi connectivity index (χ2v) is 8.29. The van der Waals surface area contributed by atoms with E-state index >= 15 is 0 Å². The molecule has 0 heterocycles. The third-order valence-corrected chi connectivity index (χ3v) is 5.65. The van der Waals surface area contributed by atoms with Gasteiger partial charge in [0.25, 0.3) is 0 Å². The zero-order valence-corrected chi connectivity index (χ0v) is 21.1. The lowest BCUT2D eigenvalue weighted by molar-refractivity contribution is 0.966. The maximum atomic E-state index is 4.30. The minimum atomic E-state index is 0.782. The summed E-state index contributed by atoms with van der Waals surface area (Å²) < 4.78 is 0. The molecular formula is C33H39N. The predicted octanol–water partition coefficient (Wildman–Crippen LogP) is 9.51. The Morgan fingerprint density at radius 3 is 2.38 bits per heavy atom. The van der Waals surface area contributed by atoms with E-state index in [2.05, 4.69) is 99.6 Å². The molecule has 0 bridgehead atoms. The molecule has 0 aliphatic heterocycles. The lowest BCUT2D eigenvalue weighted by Gasteiger charge is -2.22. The van der Waals surface area contributed by atoms with Crippen LogP contribution in [0.5, 0.6) is 0 Å². The topological polar surface area (TPSA) is 12.0 Å². The second-order valence-electron chi connectivity index (χ2n) is 8.29. The molecule has 1 aliphatic rings. The molecule has 1 aromatic carbocycles. The van der Waals surface area contributed by atoms with E-state index in [0.29, 0.717) is 0 Å². The Morgan fingerprint density at radius 1 is 1.06 bits per heavy atom. The van der Waals surface area contributed by atoms with Crippen molar-refractivity contribution in [1.29, 1.82) is 0 Å². The van der Waals surface area contributed by atoms with Crippen molar-refractivity contribution in [3.8, 4) is 0 Å². The van der Waals surface area contributed by atoms with Crippen molar-refractivity contribution in [2.45, 2.75) is 46.5 Å². The van der Waals surface area contributed by atoms with Crippen molar-refractivity contribution < 1.29 is 0 Å². The van der Waals surface area contributed by atoms with Crippen LogP contribution < -0.4 is 5.32 Å². The third-order valence-electron chi connectivity index (χ3n) is 5.65. The fourth-order valence-electron chi connectivity index (χ4n) is 3.89. The maximum Gasteiger partial charge on any atom is 0.0379 e. The summed E-state index contributed by atoms with van der Waals surface area (Å²) in [4.78, 5) is 0. The minimum absolute atomic E-state index is 0.782. The second kappa shape index (κ2) is 14.5. The molecule has 0 radical (unpaired) electrons. The Hall–Kier alpha value is -3.58. The number of anilines is 1. The van der Waals surface area contributed by atoms with Gasteiger partial charge in [0.15, 0.2) is 0 Å². The smallest absolute Gasteiger partial charge is 0.0379 e. The van der Waals surface area contributed by atoms with E-state index in [1.807, 2.05) is 37.4 Å². The summed E-state index contributed by atoms with van der Waals surface area (Å²) in [6.07, 6.45) is 26.8. The molecule has 0 fully saturated rings. The van der Waals surface area contributed by atoms with E-state index in [1.54, 1.807) is 0 Å². The van der Waals surface area contributed by atoms with Gasteiger partial charge in [-0.25, -0.2) is 0 Å². The van der Waals surface area contributed by atoms with Gasteiger partial charge in [0.1, 0.15) is 0 Å². The molecule has 34 heavy (non-hydrogen) atoms. The highest BCUT2D eigenvalue weighted by Crippen LogP contribution is 2.35. The normalized spacial score (nSPS) is 15.3. The maximum absolute atomic E-state index is 4.30. The van der Waals surface area contributed by atoms with Crippen LogP contribution in [0.15, 0.2) is 144 Å². The standard InChI is InChI=1S/C33H39N/c1-7-11-14-19-32(26(5)6)33(29-17-15-13-16-18-29)31(10-4)28(9-3)25-27-20-22-30(23-21-27)34-24-12-8-2/h7,9-15,17,19-24,34H,3-5,8,16,18,25H2,1-2,6H3/b11-7-,19-14-,24-12+,31-28-,33-32-. The van der Waals surface area contributed by atoms with Gasteiger partial charge in [-0.15, -0.1) is 0 Å². The van der Waals surface area contributed by atoms with Gasteiger partial charge < -0.3 is 5.32 Å². The molecular weight excluding hydrogens is 410 g/mol. The quantitative estimate of drug-likeness (QED) is 0.313. The van der Waals surface area contributed by atoms with E-state index in [1.165, 1.54) is 16.7 Å². The molecule has 1 nitrogen and oxygen atoms in total. The van der Waals surface area contributed by atoms with E-state index in [0.717, 1.165) is 53.7 Å². The molecule has 0 aromatic heterocycles. The van der Waals surface area contributed by atoms with E-state index in [-0.39, 0.29) is 0 Å². The van der Waals surface area contributed by atoms with Crippen molar-refractivity contribution in [3.63, 3.8) is 0 Å².